The molecular weight excluding hydrogens is 1880 g/mol. The third-order valence-corrected chi connectivity index (χ3v) is 24.5. The van der Waals surface area contributed by atoms with Crippen molar-refractivity contribution in [3.63, 3.8) is 0 Å². The van der Waals surface area contributed by atoms with Crippen LogP contribution in [0, 0.1) is 52.8 Å². The van der Waals surface area contributed by atoms with E-state index in [9.17, 15) is 143 Å². The van der Waals surface area contributed by atoms with E-state index < -0.39 is 330 Å². The molecule has 8 fully saturated rings. The molecule has 4 aromatic carbocycles. The molecule has 0 aromatic heterocycles. The first-order chi connectivity index (χ1) is 67.8. The minimum atomic E-state index is -1.89. The van der Waals surface area contributed by atoms with Crippen LogP contribution in [0.5, 0.6) is 0 Å². The van der Waals surface area contributed by atoms with Gasteiger partial charge in [0.15, 0.2) is 50.3 Å². The lowest BCUT2D eigenvalue weighted by Gasteiger charge is -2.45. The van der Waals surface area contributed by atoms with Crippen molar-refractivity contribution in [3.8, 4) is 47.4 Å². The summed E-state index contributed by atoms with van der Waals surface area (Å²) in [6, 6.07) is 27.5. The van der Waals surface area contributed by atoms with Gasteiger partial charge in [-0.15, -0.1) is 0 Å². The number of rotatable bonds is 40. The van der Waals surface area contributed by atoms with Gasteiger partial charge in [0.2, 0.25) is 0 Å². The first-order valence-corrected chi connectivity index (χ1v) is 45.2. The normalized spacial score (nSPS) is 37.8. The summed E-state index contributed by atoms with van der Waals surface area (Å²) in [4.78, 5) is 0. The number of hydrogen-bond donors (Lipinski definition) is 28. The van der Waals surface area contributed by atoms with Crippen LogP contribution in [-0.4, -0.2) is 494 Å². The van der Waals surface area contributed by atoms with Crippen LogP contribution in [0.25, 0.3) is 0 Å². The van der Waals surface area contributed by atoms with Crippen LogP contribution < -0.4 is 0 Å². The van der Waals surface area contributed by atoms with Gasteiger partial charge in [0.05, 0.1) is 111 Å². The van der Waals surface area contributed by atoms with Crippen LogP contribution in [0.1, 0.15) is 44.5 Å². The number of aliphatic hydroxyl groups is 28. The van der Waals surface area contributed by atoms with Crippen molar-refractivity contribution in [1.29, 1.82) is 0 Å². The highest BCUT2D eigenvalue weighted by Gasteiger charge is 2.57. The van der Waals surface area contributed by atoms with Gasteiger partial charge < -0.3 is 238 Å². The summed E-state index contributed by atoms with van der Waals surface area (Å²) in [6.45, 7) is -8.91. The van der Waals surface area contributed by atoms with Crippen LogP contribution in [0.2, 0.25) is 0 Å². The summed E-state index contributed by atoms with van der Waals surface area (Å²) < 4.78 is 117. The van der Waals surface area contributed by atoms with Gasteiger partial charge in [-0.25, -0.2) is 0 Å². The molecule has 8 aliphatic rings. The highest BCUT2D eigenvalue weighted by atomic mass is 16.8. The molecule has 8 saturated heterocycles. The first-order valence-electron chi connectivity index (χ1n) is 45.2. The van der Waals surface area contributed by atoms with Gasteiger partial charge in [-0.05, 0) is 70.8 Å². The zero-order chi connectivity index (χ0) is 101. The second-order valence-corrected chi connectivity index (χ2v) is 34.7. The summed E-state index contributed by atoms with van der Waals surface area (Å²) in [6.07, 6.45) is -67.5. The molecule has 40 atom stereocenters. The second-order valence-electron chi connectivity index (χ2n) is 34.7. The predicted octanol–water partition coefficient (Wildman–Crippen LogP) is -13.2. The van der Waals surface area contributed by atoms with E-state index in [2.05, 4.69) is 47.4 Å². The van der Waals surface area contributed by atoms with Crippen molar-refractivity contribution < 1.29 is 238 Å². The summed E-state index contributed by atoms with van der Waals surface area (Å²) in [5.74, 6) is 23.2. The molecule has 0 aliphatic carbocycles. The van der Waals surface area contributed by atoms with Gasteiger partial charge in [-0.2, -0.15) is 0 Å². The third-order valence-electron chi connectivity index (χ3n) is 24.5. The van der Waals surface area contributed by atoms with Crippen LogP contribution >= 0.6 is 0 Å². The number of benzene rings is 4. The molecule has 8 aliphatic heterocycles. The summed E-state index contributed by atoms with van der Waals surface area (Å²) in [5.41, 5.74) is 3.00. The highest BCUT2D eigenvalue weighted by Crippen LogP contribution is 2.37. The standard InChI is InChI=1S/C93H124O48/c94-29-53-61(102)65(106)73(114)89(130-53)138-81-57(33-98)134-85(77(118)69(81)110)126-21-5-17-45-9-1-13-49(25-45)37-122-41-93(42-123-38-50-14-2-10-46(26-50)18-6-22-127-86-78(119)70(111)82(58(34-99)135-86)139-90-74(115)66(107)62(103)54(30-95)131-90,43-124-39-51-15-3-11-47(27-51)19-7-23-128-87-79(120)71(112)83(59(35-100)136-87)140-91-75(116)67(108)63(104)55(31-96)132-91)44-125-40-52-16-4-12-48(28-52)20-8-24-129-88-80(121)72(113)84(60(36-101)137-88)141-92-76(117)68(109)64(105)56(32-97)133-92/h1-4,9-16,25-28,53-92,94-121H,21-24,29-44H2/t53-,54-,55-,56-,57-,58-,59-,60-,61+,62+,63+,64+,65+,66+,67+,68+,69-,70-,71-,72-,73-,74-,75-,76-,77-,78-,79-,80-,81-,82-,83-,84-,85-,86-,87-,88-,89+,90+,91+,92+/m1/s1. The Morgan fingerprint density at radius 1 is 0.220 bits per heavy atom. The molecule has 12 rings (SSSR count). The summed E-state index contributed by atoms with van der Waals surface area (Å²) in [7, 11) is 0. The predicted molar refractivity (Wildman–Crippen MR) is 464 cm³/mol. The summed E-state index contributed by atoms with van der Waals surface area (Å²) in [5, 5.41) is 294. The largest absolute Gasteiger partial charge is 0.394 e. The van der Waals surface area contributed by atoms with Crippen molar-refractivity contribution in [2.45, 2.75) is 272 Å². The Morgan fingerprint density at radius 3 is 0.596 bits per heavy atom. The molecule has 28 N–H and O–H groups in total. The van der Waals surface area contributed by atoms with Crippen molar-refractivity contribution in [2.75, 3.05) is 106 Å². The average molecular weight is 2010 g/mol. The van der Waals surface area contributed by atoms with E-state index in [1.165, 1.54) is 0 Å². The Kier molecular flexibility index (Phi) is 43.4. The SMILES string of the molecule is OC[C@H]1O[C@@H](O[C@H]2[C@H](O)[C@@H](O)[C@H](OCC#Cc3cccc(COCC(COCc4cccc(C#CCO[C@@H]5O[C@H](CO)[C@@H](O[C@@H]6O[C@H](CO)[C@H](O)[C@H](O)[C@H]6O)[C@H](O)[C@H]5O)c4)(COCc4cccc(C#CCO[C@@H]5O[C@H](CO)[C@@H](O[C@@H]6O[C@H](CO)[C@H](O)[C@H](O)[C@H]6O)[C@H](O)[C@H]5O)c4)COCc4cccc(C#CCO[C@@H]5O[C@H](CO)[C@@H](O[C@@H]6O[C@H](CO)[C@H](O)[C@H](O)[C@H]6O)[C@H](O)[C@H]5O)c4)c3)O[C@@H]2CO)[C@H](O)[C@@H](O)[C@H]1O. The third kappa shape index (κ3) is 29.0. The maximum Gasteiger partial charge on any atom is 0.187 e. The maximum atomic E-state index is 11.2. The Labute approximate surface area is 806 Å². The number of ether oxygens (including phenoxy) is 20. The van der Waals surface area contributed by atoms with Crippen molar-refractivity contribution in [1.82, 2.24) is 0 Å². The minimum Gasteiger partial charge on any atom is -0.394 e. The highest BCUT2D eigenvalue weighted by molar-refractivity contribution is 5.40. The van der Waals surface area contributed by atoms with Crippen LogP contribution in [-0.2, 0) is 121 Å². The molecule has 0 unspecified atom stereocenters. The van der Waals surface area contributed by atoms with Gasteiger partial charge in [0.25, 0.3) is 0 Å². The molecular formula is C93H124O48. The zero-order valence-corrected chi connectivity index (χ0v) is 75.7. The van der Waals surface area contributed by atoms with Gasteiger partial charge in [-0.1, -0.05) is 95.9 Å². The molecule has 48 heteroatoms. The molecule has 0 saturated carbocycles. The monoisotopic (exact) mass is 2010 g/mol. The van der Waals surface area contributed by atoms with E-state index in [-0.39, 0.29) is 52.9 Å². The topological polar surface area (TPSA) is 751 Å². The summed E-state index contributed by atoms with van der Waals surface area (Å²) >= 11 is 0. The fraction of sp³-hybridized carbons (Fsp3) is 0.656. The van der Waals surface area contributed by atoms with Crippen LogP contribution in [0.4, 0.5) is 0 Å². The van der Waals surface area contributed by atoms with E-state index in [0.717, 1.165) is 0 Å². The lowest BCUT2D eigenvalue weighted by molar-refractivity contribution is -0.358. The Balaban J connectivity index is 0.748. The maximum absolute atomic E-state index is 11.2. The fourth-order valence-electron chi connectivity index (χ4n) is 16.6. The molecule has 0 amide bonds. The average Bonchev–Trinajstić information content (AvgIpc) is 0.791. The molecule has 141 heavy (non-hydrogen) atoms. The van der Waals surface area contributed by atoms with E-state index in [0.29, 0.717) is 44.5 Å². The molecule has 4 aromatic rings. The van der Waals surface area contributed by atoms with E-state index in [1.807, 2.05) is 0 Å². The van der Waals surface area contributed by atoms with Gasteiger partial charge in [-0.3, -0.25) is 0 Å². The molecule has 48 nitrogen and oxygen atoms in total. The van der Waals surface area contributed by atoms with E-state index in [1.54, 1.807) is 97.1 Å². The Bertz CT molecular complexity index is 4140. The molecule has 784 valence electrons. The lowest BCUT2D eigenvalue weighted by Crippen LogP contribution is -2.64. The first kappa shape index (κ1) is 113. The van der Waals surface area contributed by atoms with Gasteiger partial charge >= 0.3 is 0 Å². The quantitative estimate of drug-likeness (QED) is 0.0184. The molecule has 0 spiro atoms. The number of aliphatic hydroxyl groups excluding tert-OH is 28. The smallest absolute Gasteiger partial charge is 0.187 e. The van der Waals surface area contributed by atoms with Crippen molar-refractivity contribution in [3.05, 3.63) is 142 Å². The fourth-order valence-corrected chi connectivity index (χ4v) is 16.6. The van der Waals surface area contributed by atoms with Gasteiger partial charge in [0, 0.05) is 22.3 Å². The molecule has 0 bridgehead atoms. The molecule has 8 heterocycles. The van der Waals surface area contributed by atoms with E-state index in [4.69, 9.17) is 94.7 Å². The van der Waals surface area contributed by atoms with Crippen molar-refractivity contribution >= 4 is 0 Å². The van der Waals surface area contributed by atoms with Crippen LogP contribution in [0.3, 0.4) is 0 Å². The van der Waals surface area contributed by atoms with Crippen LogP contribution in [0.15, 0.2) is 97.1 Å². The van der Waals surface area contributed by atoms with Gasteiger partial charge in [0.1, 0.15) is 222 Å². The zero-order valence-electron chi connectivity index (χ0n) is 75.7. The Morgan fingerprint density at radius 2 is 0.404 bits per heavy atom. The Hall–Kier alpha value is -6.80. The molecule has 0 radical (unpaired) electrons. The van der Waals surface area contributed by atoms with E-state index >= 15 is 0 Å². The second kappa shape index (κ2) is 54.2. The number of hydrogen-bond acceptors (Lipinski definition) is 48. The minimum absolute atomic E-state index is 0.0688. The van der Waals surface area contributed by atoms with Crippen molar-refractivity contribution in [2.24, 2.45) is 5.41 Å². The lowest BCUT2D eigenvalue weighted by atomic mass is 9.92.